The third kappa shape index (κ3) is 8.49. The maximum Gasteiger partial charge on any atom is 0.410 e. The van der Waals surface area contributed by atoms with Gasteiger partial charge >= 0.3 is 12.2 Å². The van der Waals surface area contributed by atoms with E-state index in [1.165, 1.54) is 9.80 Å². The molecule has 47 heavy (non-hydrogen) atoms. The number of likely N-dealkylation sites (tertiary alicyclic amines) is 2. The minimum Gasteiger partial charge on any atom is -0.444 e. The van der Waals surface area contributed by atoms with Gasteiger partial charge < -0.3 is 25.1 Å². The lowest BCUT2D eigenvalue weighted by Crippen LogP contribution is -2.45. The van der Waals surface area contributed by atoms with Gasteiger partial charge in [0.1, 0.15) is 29.1 Å². The molecule has 0 aliphatic carbocycles. The van der Waals surface area contributed by atoms with E-state index in [2.05, 4.69) is 20.6 Å². The number of hydrogen-bond acceptors (Lipinski definition) is 7. The molecule has 3 N–H and O–H groups in total. The predicted molar refractivity (Wildman–Crippen MR) is 179 cm³/mol. The van der Waals surface area contributed by atoms with Gasteiger partial charge in [0.15, 0.2) is 0 Å². The van der Waals surface area contributed by atoms with E-state index in [1.807, 2.05) is 36.4 Å². The minimum absolute atomic E-state index is 0.242. The standard InChI is InChI=1S/C35H44N6O6/c1-34(2,3)46-32(44)40-19-7-9-27(40)30(42)37-24-15-11-22(12-16-24)26-21-36-29(39-26)23-13-17-25(18-14-23)38-31(43)28-10-8-20-41(28)33(45)47-35(4,5)6/h11-18,21,27-28H,7-10,19-20H2,1-6H3,(H,36,39)(H,37,42)(H,38,43)/t27-,28-/m0/s1. The van der Waals surface area contributed by atoms with E-state index in [0.29, 0.717) is 43.1 Å². The van der Waals surface area contributed by atoms with Gasteiger partial charge in [0.05, 0.1) is 11.9 Å². The molecule has 2 aromatic carbocycles. The van der Waals surface area contributed by atoms with Crippen LogP contribution in [0, 0.1) is 0 Å². The highest BCUT2D eigenvalue weighted by Crippen LogP contribution is 2.27. The average molecular weight is 645 g/mol. The van der Waals surface area contributed by atoms with Gasteiger partial charge in [-0.3, -0.25) is 19.4 Å². The summed E-state index contributed by atoms with van der Waals surface area (Å²) in [6.07, 6.45) is 3.43. The topological polar surface area (TPSA) is 146 Å². The Morgan fingerprint density at radius 2 is 1.13 bits per heavy atom. The van der Waals surface area contributed by atoms with Crippen LogP contribution in [0.4, 0.5) is 21.0 Å². The van der Waals surface area contributed by atoms with Crippen LogP contribution in [0.25, 0.3) is 22.6 Å². The number of nitrogens with zero attached hydrogens (tertiary/aromatic N) is 3. The monoisotopic (exact) mass is 644 g/mol. The van der Waals surface area contributed by atoms with E-state index in [9.17, 15) is 19.2 Å². The highest BCUT2D eigenvalue weighted by molar-refractivity contribution is 5.98. The SMILES string of the molecule is CC(C)(C)OC(=O)N1CCC[C@H]1C(=O)Nc1ccc(-c2cnc(-c3ccc(NC(=O)[C@@H]4CCCN4C(=O)OC(C)(C)C)cc3)[nH]2)cc1. The zero-order valence-corrected chi connectivity index (χ0v) is 27.9. The lowest BCUT2D eigenvalue weighted by Gasteiger charge is -2.28. The normalized spacial score (nSPS) is 18.2. The molecule has 1 aromatic heterocycles. The van der Waals surface area contributed by atoms with Crippen LogP contribution in [-0.4, -0.2) is 80.1 Å². The molecule has 2 saturated heterocycles. The van der Waals surface area contributed by atoms with Crippen LogP contribution in [0.15, 0.2) is 54.7 Å². The van der Waals surface area contributed by atoms with Crippen LogP contribution in [0.1, 0.15) is 67.2 Å². The fourth-order valence-corrected chi connectivity index (χ4v) is 5.67. The summed E-state index contributed by atoms with van der Waals surface area (Å²) in [5.74, 6) is 0.170. The van der Waals surface area contributed by atoms with Crippen molar-refractivity contribution in [3.05, 3.63) is 54.7 Å². The third-order valence-corrected chi connectivity index (χ3v) is 7.83. The first-order valence-electron chi connectivity index (χ1n) is 16.0. The summed E-state index contributed by atoms with van der Waals surface area (Å²) >= 11 is 0. The van der Waals surface area contributed by atoms with E-state index in [1.54, 1.807) is 59.9 Å². The van der Waals surface area contributed by atoms with Crippen molar-refractivity contribution < 1.29 is 28.7 Å². The number of nitrogens with one attached hydrogen (secondary N) is 3. The van der Waals surface area contributed by atoms with Gasteiger partial charge in [0, 0.05) is 30.0 Å². The predicted octanol–water partition coefficient (Wildman–Crippen LogP) is 6.42. The quantitative estimate of drug-likeness (QED) is 0.281. The van der Waals surface area contributed by atoms with Crippen molar-refractivity contribution in [3.8, 4) is 22.6 Å². The Labute approximate surface area is 275 Å². The van der Waals surface area contributed by atoms with E-state index in [4.69, 9.17) is 9.47 Å². The first kappa shape index (κ1) is 33.5. The fourth-order valence-electron chi connectivity index (χ4n) is 5.67. The van der Waals surface area contributed by atoms with Crippen LogP contribution < -0.4 is 10.6 Å². The van der Waals surface area contributed by atoms with E-state index in [0.717, 1.165) is 29.7 Å². The van der Waals surface area contributed by atoms with Crippen molar-refractivity contribution in [2.24, 2.45) is 0 Å². The molecule has 2 fully saturated rings. The Bertz CT molecular complexity index is 1480. The first-order chi connectivity index (χ1) is 22.2. The van der Waals surface area contributed by atoms with Crippen molar-refractivity contribution in [2.45, 2.75) is 90.5 Å². The second-order valence-corrected chi connectivity index (χ2v) is 13.9. The van der Waals surface area contributed by atoms with Gasteiger partial charge in [-0.25, -0.2) is 14.6 Å². The third-order valence-electron chi connectivity index (χ3n) is 7.83. The Morgan fingerprint density at radius 1 is 0.702 bits per heavy atom. The zero-order valence-electron chi connectivity index (χ0n) is 27.9. The summed E-state index contributed by atoms with van der Waals surface area (Å²) in [6, 6.07) is 13.6. The number of anilines is 2. The second kappa shape index (κ2) is 13.5. The van der Waals surface area contributed by atoms with Crippen LogP contribution in [0.2, 0.25) is 0 Å². The Morgan fingerprint density at radius 3 is 1.55 bits per heavy atom. The summed E-state index contributed by atoms with van der Waals surface area (Å²) < 4.78 is 11.0. The first-order valence-corrected chi connectivity index (χ1v) is 16.0. The van der Waals surface area contributed by atoms with Crippen LogP contribution in [0.3, 0.4) is 0 Å². The number of carbonyl (C=O) groups is 4. The molecule has 5 rings (SSSR count). The molecule has 0 saturated carbocycles. The molecular formula is C35H44N6O6. The number of benzene rings is 2. The molecule has 0 spiro atoms. The number of ether oxygens (including phenoxy) is 2. The molecule has 4 amide bonds. The number of rotatable bonds is 6. The summed E-state index contributed by atoms with van der Waals surface area (Å²) in [6.45, 7) is 11.8. The Hall–Kier alpha value is -4.87. The molecule has 12 nitrogen and oxygen atoms in total. The van der Waals surface area contributed by atoms with Crippen molar-refractivity contribution in [3.63, 3.8) is 0 Å². The number of carbonyl (C=O) groups excluding carboxylic acids is 4. The lowest BCUT2D eigenvalue weighted by molar-refractivity contribution is -0.121. The highest BCUT2D eigenvalue weighted by atomic mass is 16.6. The number of aromatic nitrogens is 2. The van der Waals surface area contributed by atoms with Gasteiger partial charge in [-0.15, -0.1) is 0 Å². The maximum absolute atomic E-state index is 13.0. The lowest BCUT2D eigenvalue weighted by atomic mass is 10.1. The average Bonchev–Trinajstić information content (AvgIpc) is 3.77. The van der Waals surface area contributed by atoms with E-state index < -0.39 is 35.5 Å². The van der Waals surface area contributed by atoms with Crippen LogP contribution in [-0.2, 0) is 19.1 Å². The molecule has 3 aromatic rings. The van der Waals surface area contributed by atoms with E-state index >= 15 is 0 Å². The molecule has 0 radical (unpaired) electrons. The highest BCUT2D eigenvalue weighted by Gasteiger charge is 2.38. The number of amides is 4. The van der Waals surface area contributed by atoms with E-state index in [-0.39, 0.29) is 11.8 Å². The molecule has 3 heterocycles. The molecule has 2 aliphatic heterocycles. The molecule has 250 valence electrons. The smallest absolute Gasteiger partial charge is 0.410 e. The minimum atomic E-state index is -0.632. The number of imidazole rings is 1. The van der Waals surface area contributed by atoms with Gasteiger partial charge in [-0.1, -0.05) is 12.1 Å². The fraction of sp³-hybridized carbons (Fsp3) is 0.457. The second-order valence-electron chi connectivity index (χ2n) is 13.9. The molecular weight excluding hydrogens is 600 g/mol. The molecule has 12 heteroatoms. The van der Waals surface area contributed by atoms with Gasteiger partial charge in [0.2, 0.25) is 11.8 Å². The largest absolute Gasteiger partial charge is 0.444 e. The van der Waals surface area contributed by atoms with Gasteiger partial charge in [0.25, 0.3) is 0 Å². The van der Waals surface area contributed by atoms with Crippen LogP contribution in [0.5, 0.6) is 0 Å². The number of hydrogen-bond donors (Lipinski definition) is 3. The molecule has 0 unspecified atom stereocenters. The molecule has 0 bridgehead atoms. The van der Waals surface area contributed by atoms with Crippen molar-refractivity contribution in [2.75, 3.05) is 23.7 Å². The summed E-state index contributed by atoms with van der Waals surface area (Å²) in [4.78, 5) is 62.1. The van der Waals surface area contributed by atoms with Crippen molar-refractivity contribution in [1.82, 2.24) is 19.8 Å². The Kier molecular flexibility index (Phi) is 9.60. The zero-order chi connectivity index (χ0) is 33.9. The molecule has 2 aliphatic rings. The van der Waals surface area contributed by atoms with Crippen molar-refractivity contribution >= 4 is 35.4 Å². The summed E-state index contributed by atoms with van der Waals surface area (Å²) in [5.41, 5.74) is 2.49. The van der Waals surface area contributed by atoms with Crippen LogP contribution >= 0.6 is 0 Å². The summed E-state index contributed by atoms with van der Waals surface area (Å²) in [5, 5.41) is 5.84. The number of aromatic amines is 1. The summed E-state index contributed by atoms with van der Waals surface area (Å²) in [7, 11) is 0. The maximum atomic E-state index is 13.0. The number of H-pyrrole nitrogens is 1. The van der Waals surface area contributed by atoms with Gasteiger partial charge in [-0.2, -0.15) is 0 Å². The Balaban J connectivity index is 1.17. The van der Waals surface area contributed by atoms with Gasteiger partial charge in [-0.05, 0) is 109 Å². The molecule has 2 atom stereocenters. The van der Waals surface area contributed by atoms with Crippen molar-refractivity contribution in [1.29, 1.82) is 0 Å².